The van der Waals surface area contributed by atoms with Gasteiger partial charge in [-0.3, -0.25) is 4.90 Å². The number of hydrogen-bond donors (Lipinski definition) is 1. The molecule has 1 aliphatic rings. The number of carbonyl (C=O) groups excluding carboxylic acids is 1. The van der Waals surface area contributed by atoms with E-state index < -0.39 is 6.09 Å². The minimum absolute atomic E-state index is 0.131. The lowest BCUT2D eigenvalue weighted by Gasteiger charge is -2.33. The molecule has 0 unspecified atom stereocenters. The third-order valence-electron chi connectivity index (χ3n) is 6.72. The topological polar surface area (TPSA) is 86.4 Å². The Hall–Kier alpha value is -2.77. The number of primary amides is 1. The highest BCUT2D eigenvalue weighted by molar-refractivity contribution is 6.30. The van der Waals surface area contributed by atoms with Crippen molar-refractivity contribution in [1.82, 2.24) is 4.90 Å². The second-order valence-corrected chi connectivity index (χ2v) is 10.1. The predicted molar refractivity (Wildman–Crippen MR) is 148 cm³/mol. The molecule has 1 saturated heterocycles. The Morgan fingerprint density at radius 2 is 1.86 bits per heavy atom. The van der Waals surface area contributed by atoms with E-state index in [0.29, 0.717) is 17.5 Å². The van der Waals surface area contributed by atoms with Gasteiger partial charge in [-0.2, -0.15) is 0 Å². The van der Waals surface area contributed by atoms with Gasteiger partial charge in [0.25, 0.3) is 0 Å². The molecular formula is C29H40ClN3O4. The van der Waals surface area contributed by atoms with Crippen molar-refractivity contribution in [2.24, 2.45) is 16.8 Å². The molecule has 1 aliphatic heterocycles. The van der Waals surface area contributed by atoms with Gasteiger partial charge in [0.1, 0.15) is 24.7 Å². The van der Waals surface area contributed by atoms with E-state index in [4.69, 9.17) is 31.6 Å². The van der Waals surface area contributed by atoms with Gasteiger partial charge in [-0.1, -0.05) is 67.2 Å². The molecule has 1 fully saturated rings. The first-order valence-corrected chi connectivity index (χ1v) is 13.6. The van der Waals surface area contributed by atoms with Crippen molar-refractivity contribution in [2.45, 2.75) is 58.0 Å². The van der Waals surface area contributed by atoms with Gasteiger partial charge in [-0.05, 0) is 69.0 Å². The van der Waals surface area contributed by atoms with Crippen molar-refractivity contribution < 1.29 is 19.1 Å². The summed E-state index contributed by atoms with van der Waals surface area (Å²) in [7, 11) is 1.54. The van der Waals surface area contributed by atoms with Crippen LogP contribution in [0.5, 0.6) is 5.75 Å². The second-order valence-electron chi connectivity index (χ2n) is 9.62. The summed E-state index contributed by atoms with van der Waals surface area (Å²) in [6.45, 7) is 5.52. The lowest BCUT2D eigenvalue weighted by molar-refractivity contribution is 0.0537. The fourth-order valence-corrected chi connectivity index (χ4v) is 4.82. The van der Waals surface area contributed by atoms with Crippen LogP contribution in [0.15, 0.2) is 53.7 Å². The molecule has 0 radical (unpaired) electrons. The predicted octanol–water partition coefficient (Wildman–Crippen LogP) is 6.26. The summed E-state index contributed by atoms with van der Waals surface area (Å²) in [5.74, 6) is 1.28. The molecule has 2 aromatic rings. The van der Waals surface area contributed by atoms with Crippen LogP contribution in [-0.2, 0) is 9.57 Å². The summed E-state index contributed by atoms with van der Waals surface area (Å²) in [4.78, 5) is 18.8. The van der Waals surface area contributed by atoms with Crippen LogP contribution in [0.2, 0.25) is 5.02 Å². The molecule has 3 rings (SSSR count). The van der Waals surface area contributed by atoms with Crippen molar-refractivity contribution in [2.75, 3.05) is 33.4 Å². The van der Waals surface area contributed by atoms with E-state index in [1.54, 1.807) is 0 Å². The van der Waals surface area contributed by atoms with E-state index in [0.717, 1.165) is 74.3 Å². The summed E-state index contributed by atoms with van der Waals surface area (Å²) in [5.41, 5.74) is 7.87. The number of piperidine rings is 1. The zero-order chi connectivity index (χ0) is 26.5. The minimum atomic E-state index is -0.680. The molecule has 1 heterocycles. The number of rotatable bonds is 14. The minimum Gasteiger partial charge on any atom is -0.493 e. The highest BCUT2D eigenvalue weighted by atomic mass is 35.5. The van der Waals surface area contributed by atoms with E-state index in [9.17, 15) is 4.79 Å². The maximum atomic E-state index is 11.4. The normalized spacial score (nSPS) is 15.8. The summed E-state index contributed by atoms with van der Waals surface area (Å²) in [6.07, 6.45) is 6.75. The number of likely N-dealkylation sites (tertiary alicyclic amines) is 1. The zero-order valence-electron chi connectivity index (χ0n) is 22.0. The Morgan fingerprint density at radius 3 is 2.54 bits per heavy atom. The number of oxime groups is 1. The first kappa shape index (κ1) is 28.8. The molecule has 0 aliphatic carbocycles. The largest absolute Gasteiger partial charge is 0.493 e. The van der Waals surface area contributed by atoms with Crippen LogP contribution in [-0.4, -0.2) is 56.2 Å². The van der Waals surface area contributed by atoms with Crippen molar-refractivity contribution >= 4 is 23.4 Å². The summed E-state index contributed by atoms with van der Waals surface area (Å²) in [5, 5.41) is 4.91. The standard InChI is InChI=1S/C29H40ClN3O4/c1-3-4-5-6-9-27(37-29(31)34)20-33-17-15-22(16-18-33)21-36-26-10-7-8-24(19-26)28(32-35-2)23-11-13-25(30)14-12-23/h7-8,10-14,19,22,27H,3-6,9,15-18,20-21H2,1-2H3,(H2,31,34)/b32-28-/t27-/m1/s1. The van der Waals surface area contributed by atoms with E-state index in [2.05, 4.69) is 17.0 Å². The number of hydrogen-bond acceptors (Lipinski definition) is 6. The fraction of sp³-hybridized carbons (Fsp3) is 0.517. The third kappa shape index (κ3) is 9.90. The Bertz CT molecular complexity index is 991. The Morgan fingerprint density at radius 1 is 1.11 bits per heavy atom. The van der Waals surface area contributed by atoms with Crippen LogP contribution >= 0.6 is 11.6 Å². The van der Waals surface area contributed by atoms with Crippen molar-refractivity contribution in [3.8, 4) is 5.75 Å². The number of carbonyl (C=O) groups is 1. The molecule has 1 amide bonds. The van der Waals surface area contributed by atoms with Crippen LogP contribution in [0.4, 0.5) is 4.79 Å². The quantitative estimate of drug-likeness (QED) is 0.177. The molecule has 8 heteroatoms. The third-order valence-corrected chi connectivity index (χ3v) is 6.98. The number of amides is 1. The van der Waals surface area contributed by atoms with Crippen molar-refractivity contribution in [1.29, 1.82) is 0 Å². The van der Waals surface area contributed by atoms with Crippen LogP contribution in [0.1, 0.15) is 63.0 Å². The van der Waals surface area contributed by atoms with Gasteiger partial charge in [0.15, 0.2) is 0 Å². The summed E-state index contributed by atoms with van der Waals surface area (Å²) < 4.78 is 11.6. The Labute approximate surface area is 225 Å². The molecule has 0 spiro atoms. The molecule has 2 aromatic carbocycles. The summed E-state index contributed by atoms with van der Waals surface area (Å²) in [6, 6.07) is 15.4. The van der Waals surface area contributed by atoms with Gasteiger partial charge in [0.2, 0.25) is 0 Å². The number of nitrogens with two attached hydrogens (primary N) is 1. The molecule has 0 bridgehead atoms. The maximum Gasteiger partial charge on any atom is 0.404 e. The van der Waals surface area contributed by atoms with Gasteiger partial charge in [-0.15, -0.1) is 0 Å². The van der Waals surface area contributed by atoms with Gasteiger partial charge in [0, 0.05) is 22.7 Å². The molecule has 1 atom stereocenters. The lowest BCUT2D eigenvalue weighted by atomic mass is 9.97. The first-order chi connectivity index (χ1) is 18.0. The Balaban J connectivity index is 1.50. The van der Waals surface area contributed by atoms with Crippen molar-refractivity contribution in [3.63, 3.8) is 0 Å². The highest BCUT2D eigenvalue weighted by Crippen LogP contribution is 2.23. The zero-order valence-corrected chi connectivity index (χ0v) is 22.8. The SMILES string of the molecule is CCCCCC[C@H](CN1CCC(COc2cccc(/C(=N\OC)c3ccc(Cl)cc3)c2)CC1)OC(N)=O. The number of benzene rings is 2. The molecule has 0 aromatic heterocycles. The molecule has 37 heavy (non-hydrogen) atoms. The van der Waals surface area contributed by atoms with Gasteiger partial charge < -0.3 is 20.0 Å². The highest BCUT2D eigenvalue weighted by Gasteiger charge is 2.23. The second kappa shape index (κ2) is 15.5. The average Bonchev–Trinajstić information content (AvgIpc) is 2.90. The smallest absolute Gasteiger partial charge is 0.404 e. The molecule has 0 saturated carbocycles. The van der Waals surface area contributed by atoms with Gasteiger partial charge in [0.05, 0.1) is 6.61 Å². The van der Waals surface area contributed by atoms with Crippen molar-refractivity contribution in [3.05, 3.63) is 64.7 Å². The van der Waals surface area contributed by atoms with Crippen LogP contribution in [0, 0.1) is 5.92 Å². The number of ether oxygens (including phenoxy) is 2. The fourth-order valence-electron chi connectivity index (χ4n) is 4.69. The molecule has 2 N–H and O–H groups in total. The number of halogens is 1. The van der Waals surface area contributed by atoms with Gasteiger partial charge in [-0.25, -0.2) is 4.79 Å². The molecule has 202 valence electrons. The molecule has 7 nitrogen and oxygen atoms in total. The average molecular weight is 530 g/mol. The maximum absolute atomic E-state index is 11.4. The lowest BCUT2D eigenvalue weighted by Crippen LogP contribution is -2.41. The van der Waals surface area contributed by atoms with Crippen LogP contribution in [0.3, 0.4) is 0 Å². The monoisotopic (exact) mass is 529 g/mol. The summed E-state index contributed by atoms with van der Waals surface area (Å²) >= 11 is 6.04. The van der Waals surface area contributed by atoms with E-state index in [-0.39, 0.29) is 6.10 Å². The van der Waals surface area contributed by atoms with Crippen LogP contribution < -0.4 is 10.5 Å². The van der Waals surface area contributed by atoms with E-state index in [1.807, 2.05) is 48.5 Å². The number of nitrogens with zero attached hydrogens (tertiary/aromatic N) is 2. The van der Waals surface area contributed by atoms with Crippen LogP contribution in [0.25, 0.3) is 0 Å². The van der Waals surface area contributed by atoms with E-state index >= 15 is 0 Å². The molecular weight excluding hydrogens is 490 g/mol. The van der Waals surface area contributed by atoms with E-state index in [1.165, 1.54) is 20.0 Å². The number of unbranched alkanes of at least 4 members (excludes halogenated alkanes) is 3. The first-order valence-electron chi connectivity index (χ1n) is 13.3. The Kier molecular flexibility index (Phi) is 12.0. The van der Waals surface area contributed by atoms with Gasteiger partial charge >= 0.3 is 6.09 Å².